The van der Waals surface area contributed by atoms with Gasteiger partial charge in [-0.15, -0.1) is 0 Å². The number of piperazine rings is 1. The van der Waals surface area contributed by atoms with Crippen LogP contribution < -0.4 is 19.1 Å². The summed E-state index contributed by atoms with van der Waals surface area (Å²) >= 11 is 0. The first kappa shape index (κ1) is 19.7. The molecule has 1 amide bonds. The van der Waals surface area contributed by atoms with Crippen LogP contribution in [0.5, 0.6) is 17.2 Å². The van der Waals surface area contributed by atoms with E-state index in [4.69, 9.17) is 14.2 Å². The molecule has 0 radical (unpaired) electrons. The van der Waals surface area contributed by atoms with Gasteiger partial charge in [-0.05, 0) is 12.1 Å². The number of nitrogens with zero attached hydrogens (tertiary/aromatic N) is 6. The van der Waals surface area contributed by atoms with Crippen LogP contribution in [0.15, 0.2) is 24.7 Å². The highest BCUT2D eigenvalue weighted by atomic mass is 16.5. The number of methoxy groups -OCH3 is 3. The molecule has 1 saturated heterocycles. The third-order valence-electron chi connectivity index (χ3n) is 5.29. The van der Waals surface area contributed by atoms with Crippen LogP contribution in [-0.4, -0.2) is 78.1 Å². The number of aromatic nitrogens is 4. The maximum absolute atomic E-state index is 13.1. The zero-order chi connectivity index (χ0) is 21.3. The van der Waals surface area contributed by atoms with Gasteiger partial charge < -0.3 is 24.0 Å². The van der Waals surface area contributed by atoms with E-state index in [0.29, 0.717) is 49.0 Å². The van der Waals surface area contributed by atoms with Crippen LogP contribution in [-0.2, 0) is 7.05 Å². The zero-order valence-corrected chi connectivity index (χ0v) is 17.5. The number of amides is 1. The molecule has 1 aliphatic heterocycles. The predicted molar refractivity (Wildman–Crippen MR) is 111 cm³/mol. The maximum atomic E-state index is 13.1. The van der Waals surface area contributed by atoms with Crippen molar-refractivity contribution in [2.75, 3.05) is 52.4 Å². The third kappa shape index (κ3) is 3.34. The molecular weight excluding hydrogens is 388 g/mol. The zero-order valence-electron chi connectivity index (χ0n) is 17.5. The summed E-state index contributed by atoms with van der Waals surface area (Å²) < 4.78 is 17.8. The van der Waals surface area contributed by atoms with Gasteiger partial charge in [-0.2, -0.15) is 5.10 Å². The SMILES string of the molecule is COc1cc(C(=O)N2CCN(c3ncnc4c3cnn4C)CC2)cc(OC)c1OC. The van der Waals surface area contributed by atoms with Crippen molar-refractivity contribution in [3.8, 4) is 17.2 Å². The summed E-state index contributed by atoms with van der Waals surface area (Å²) in [5.74, 6) is 2.14. The largest absolute Gasteiger partial charge is 0.493 e. The number of hydrogen-bond donors (Lipinski definition) is 0. The van der Waals surface area contributed by atoms with Crippen LogP contribution in [0.25, 0.3) is 11.0 Å². The van der Waals surface area contributed by atoms with Crippen LogP contribution in [0.3, 0.4) is 0 Å². The molecule has 1 fully saturated rings. The van der Waals surface area contributed by atoms with Crippen LogP contribution in [0.2, 0.25) is 0 Å². The number of carbonyl (C=O) groups excluding carboxylic acids is 1. The molecule has 1 aromatic carbocycles. The first-order valence-corrected chi connectivity index (χ1v) is 9.54. The molecular formula is C20H24N6O4. The number of aryl methyl sites for hydroxylation is 1. The second-order valence-corrected chi connectivity index (χ2v) is 6.90. The quantitative estimate of drug-likeness (QED) is 0.620. The Morgan fingerprint density at radius 3 is 2.23 bits per heavy atom. The van der Waals surface area contributed by atoms with Crippen molar-refractivity contribution in [2.24, 2.45) is 7.05 Å². The van der Waals surface area contributed by atoms with Gasteiger partial charge in [0.1, 0.15) is 12.1 Å². The summed E-state index contributed by atoms with van der Waals surface area (Å²) in [6.45, 7) is 2.47. The van der Waals surface area contributed by atoms with E-state index < -0.39 is 0 Å². The Morgan fingerprint density at radius 1 is 0.967 bits per heavy atom. The minimum Gasteiger partial charge on any atom is -0.493 e. The van der Waals surface area contributed by atoms with Crippen molar-refractivity contribution in [1.29, 1.82) is 0 Å². The lowest BCUT2D eigenvalue weighted by Gasteiger charge is -2.35. The summed E-state index contributed by atoms with van der Waals surface area (Å²) in [7, 11) is 6.46. The number of fused-ring (bicyclic) bond motifs is 1. The van der Waals surface area contributed by atoms with Crippen molar-refractivity contribution in [3.63, 3.8) is 0 Å². The van der Waals surface area contributed by atoms with Crippen molar-refractivity contribution < 1.29 is 19.0 Å². The summed E-state index contributed by atoms with van der Waals surface area (Å²) in [4.78, 5) is 25.8. The van der Waals surface area contributed by atoms with Crippen molar-refractivity contribution in [1.82, 2.24) is 24.6 Å². The fraction of sp³-hybridized carbons (Fsp3) is 0.400. The predicted octanol–water partition coefficient (Wildman–Crippen LogP) is 1.35. The second-order valence-electron chi connectivity index (χ2n) is 6.90. The Labute approximate surface area is 174 Å². The molecule has 1 aliphatic rings. The van der Waals surface area contributed by atoms with E-state index in [1.165, 1.54) is 21.3 Å². The van der Waals surface area contributed by atoms with Gasteiger partial charge in [-0.1, -0.05) is 0 Å². The van der Waals surface area contributed by atoms with Gasteiger partial charge in [0, 0.05) is 38.8 Å². The van der Waals surface area contributed by atoms with Crippen molar-refractivity contribution in [3.05, 3.63) is 30.2 Å². The van der Waals surface area contributed by atoms with E-state index in [1.807, 2.05) is 11.9 Å². The first-order valence-electron chi connectivity index (χ1n) is 9.54. The molecule has 0 spiro atoms. The van der Waals surface area contributed by atoms with Gasteiger partial charge >= 0.3 is 0 Å². The molecule has 0 saturated carbocycles. The lowest BCUT2D eigenvalue weighted by Crippen LogP contribution is -2.49. The van der Waals surface area contributed by atoms with Crippen molar-refractivity contribution >= 4 is 22.8 Å². The number of hydrogen-bond acceptors (Lipinski definition) is 8. The van der Waals surface area contributed by atoms with Crippen LogP contribution in [0.1, 0.15) is 10.4 Å². The number of benzene rings is 1. The van der Waals surface area contributed by atoms with Gasteiger partial charge in [0.15, 0.2) is 17.1 Å². The monoisotopic (exact) mass is 412 g/mol. The Bertz CT molecular complexity index is 1050. The first-order chi connectivity index (χ1) is 14.6. The van der Waals surface area contributed by atoms with Crippen LogP contribution in [0.4, 0.5) is 5.82 Å². The van der Waals surface area contributed by atoms with Gasteiger partial charge in [0.05, 0.1) is 32.9 Å². The number of ether oxygens (including phenoxy) is 3. The minimum absolute atomic E-state index is 0.0804. The van der Waals surface area contributed by atoms with E-state index in [1.54, 1.807) is 29.3 Å². The summed E-state index contributed by atoms with van der Waals surface area (Å²) in [5.41, 5.74) is 1.28. The van der Waals surface area contributed by atoms with Gasteiger partial charge in [0.2, 0.25) is 5.75 Å². The number of anilines is 1. The number of rotatable bonds is 5. The lowest BCUT2D eigenvalue weighted by molar-refractivity contribution is 0.0745. The topological polar surface area (TPSA) is 94.8 Å². The highest BCUT2D eigenvalue weighted by molar-refractivity contribution is 5.96. The third-order valence-corrected chi connectivity index (χ3v) is 5.29. The molecule has 158 valence electrons. The fourth-order valence-corrected chi connectivity index (χ4v) is 3.71. The molecule has 0 bridgehead atoms. The fourth-order valence-electron chi connectivity index (χ4n) is 3.71. The molecule has 3 aromatic rings. The van der Waals surface area contributed by atoms with Crippen LogP contribution >= 0.6 is 0 Å². The minimum atomic E-state index is -0.0804. The van der Waals surface area contributed by atoms with Gasteiger partial charge in [-0.3, -0.25) is 9.48 Å². The van der Waals surface area contributed by atoms with Gasteiger partial charge in [0.25, 0.3) is 5.91 Å². The molecule has 10 heteroatoms. The Hall–Kier alpha value is -3.56. The van der Waals surface area contributed by atoms with Crippen molar-refractivity contribution in [2.45, 2.75) is 0 Å². The maximum Gasteiger partial charge on any atom is 0.254 e. The smallest absolute Gasteiger partial charge is 0.254 e. The Kier molecular flexibility index (Phi) is 5.30. The summed E-state index contributed by atoms with van der Waals surface area (Å²) in [6, 6.07) is 3.36. The lowest BCUT2D eigenvalue weighted by atomic mass is 10.1. The van der Waals surface area contributed by atoms with E-state index in [0.717, 1.165) is 16.9 Å². The Balaban J connectivity index is 1.52. The molecule has 4 rings (SSSR count). The standard InChI is InChI=1S/C20H24N6O4/c1-24-18-14(11-23-24)19(22-12-21-18)25-5-7-26(8-6-25)20(27)13-9-15(28-2)17(30-4)16(10-13)29-3/h9-12H,5-8H2,1-4H3. The van der Waals surface area contributed by atoms with E-state index in [2.05, 4.69) is 20.0 Å². The van der Waals surface area contributed by atoms with E-state index in [9.17, 15) is 4.79 Å². The molecule has 0 atom stereocenters. The second kappa shape index (κ2) is 8.05. The van der Waals surface area contributed by atoms with Gasteiger partial charge in [-0.25, -0.2) is 9.97 Å². The normalized spacial score (nSPS) is 14.1. The Morgan fingerprint density at radius 2 is 1.63 bits per heavy atom. The van der Waals surface area contributed by atoms with Crippen LogP contribution in [0, 0.1) is 0 Å². The molecule has 2 aromatic heterocycles. The molecule has 0 N–H and O–H groups in total. The molecule has 10 nitrogen and oxygen atoms in total. The molecule has 30 heavy (non-hydrogen) atoms. The average Bonchev–Trinajstić information content (AvgIpc) is 3.18. The molecule has 3 heterocycles. The average molecular weight is 412 g/mol. The van der Waals surface area contributed by atoms with E-state index in [-0.39, 0.29) is 5.91 Å². The van der Waals surface area contributed by atoms with E-state index >= 15 is 0 Å². The highest BCUT2D eigenvalue weighted by Crippen LogP contribution is 2.38. The molecule has 0 aliphatic carbocycles. The summed E-state index contributed by atoms with van der Waals surface area (Å²) in [6.07, 6.45) is 3.32. The molecule has 0 unspecified atom stereocenters. The summed E-state index contributed by atoms with van der Waals surface area (Å²) in [5, 5.41) is 5.18. The number of carbonyl (C=O) groups is 1. The highest BCUT2D eigenvalue weighted by Gasteiger charge is 2.26.